The zero-order chi connectivity index (χ0) is 27.4. The number of esters is 1. The normalized spacial score (nSPS) is 27.2. The summed E-state index contributed by atoms with van der Waals surface area (Å²) >= 11 is 0. The molecule has 4 aliphatic carbocycles. The standard InChI is InChI=1S/C33H27NO6/c35-28(20-9-11-23(12-10-20)39-17-19-5-2-1-3-6-19)18-40-33(38)21-7-4-8-22(15-21)34-31(36)29-24-13-14-25(27-16-26(24)27)30(29)32(34)37/h1-15,24-27,29-30H,16-18H2/t24-,25-,26-,27-,29-,30+/m0/s1. The Labute approximate surface area is 231 Å². The number of anilines is 1. The number of allylic oxidation sites excluding steroid dienone is 2. The number of ketones is 1. The molecule has 0 spiro atoms. The molecule has 1 heterocycles. The van der Waals surface area contributed by atoms with Gasteiger partial charge in [0, 0.05) is 5.56 Å². The lowest BCUT2D eigenvalue weighted by Crippen LogP contribution is -2.40. The van der Waals surface area contributed by atoms with Gasteiger partial charge >= 0.3 is 5.97 Å². The predicted octanol–water partition coefficient (Wildman–Crippen LogP) is 4.86. The second-order valence-corrected chi connectivity index (χ2v) is 11.0. The van der Waals surface area contributed by atoms with Gasteiger partial charge in [0.05, 0.1) is 23.1 Å². The number of imide groups is 1. The number of carbonyl (C=O) groups is 4. The summed E-state index contributed by atoms with van der Waals surface area (Å²) in [6, 6.07) is 22.8. The van der Waals surface area contributed by atoms with E-state index in [9.17, 15) is 19.2 Å². The van der Waals surface area contributed by atoms with E-state index >= 15 is 0 Å². The summed E-state index contributed by atoms with van der Waals surface area (Å²) in [6.45, 7) is -0.0172. The van der Waals surface area contributed by atoms with Crippen molar-refractivity contribution in [3.05, 3.63) is 108 Å². The summed E-state index contributed by atoms with van der Waals surface area (Å²) < 4.78 is 11.0. The lowest BCUT2D eigenvalue weighted by molar-refractivity contribution is -0.124. The molecule has 40 heavy (non-hydrogen) atoms. The third-order valence-corrected chi connectivity index (χ3v) is 8.76. The van der Waals surface area contributed by atoms with Crippen LogP contribution in [0, 0.1) is 35.5 Å². The molecule has 7 nitrogen and oxygen atoms in total. The first-order valence-corrected chi connectivity index (χ1v) is 13.6. The molecule has 0 unspecified atom stereocenters. The van der Waals surface area contributed by atoms with Gasteiger partial charge in [0.15, 0.2) is 12.4 Å². The van der Waals surface area contributed by atoms with Gasteiger partial charge in [0.25, 0.3) is 0 Å². The summed E-state index contributed by atoms with van der Waals surface area (Å²) in [5, 5.41) is 0. The van der Waals surface area contributed by atoms with Crippen molar-refractivity contribution in [2.24, 2.45) is 35.5 Å². The number of hydrogen-bond donors (Lipinski definition) is 0. The summed E-state index contributed by atoms with van der Waals surface area (Å²) in [5.41, 5.74) is 1.97. The number of carbonyl (C=O) groups excluding carboxylic acids is 4. The molecule has 3 aromatic rings. The topological polar surface area (TPSA) is 90.0 Å². The second-order valence-electron chi connectivity index (χ2n) is 11.0. The van der Waals surface area contributed by atoms with Gasteiger partial charge in [-0.2, -0.15) is 0 Å². The smallest absolute Gasteiger partial charge is 0.338 e. The first kappa shape index (κ1) is 24.5. The third kappa shape index (κ3) is 4.13. The lowest BCUT2D eigenvalue weighted by Gasteiger charge is -2.37. The number of nitrogens with zero attached hydrogens (tertiary/aromatic N) is 1. The monoisotopic (exact) mass is 533 g/mol. The molecule has 2 bridgehead atoms. The molecule has 3 fully saturated rings. The van der Waals surface area contributed by atoms with E-state index in [1.165, 1.54) is 11.0 Å². The van der Waals surface area contributed by atoms with Crippen molar-refractivity contribution >= 4 is 29.3 Å². The Balaban J connectivity index is 0.979. The van der Waals surface area contributed by atoms with Crippen LogP contribution in [0.15, 0.2) is 91.0 Å². The minimum absolute atomic E-state index is 0.130. The molecule has 1 saturated heterocycles. The molecular formula is C33H27NO6. The van der Waals surface area contributed by atoms with E-state index in [4.69, 9.17) is 9.47 Å². The molecule has 2 amide bonds. The zero-order valence-corrected chi connectivity index (χ0v) is 21.6. The van der Waals surface area contributed by atoms with Crippen molar-refractivity contribution in [2.45, 2.75) is 13.0 Å². The Morgan fingerprint density at radius 3 is 2.12 bits per heavy atom. The Morgan fingerprint density at radius 2 is 1.45 bits per heavy atom. The van der Waals surface area contributed by atoms with Crippen LogP contribution in [-0.2, 0) is 20.9 Å². The van der Waals surface area contributed by atoms with Gasteiger partial charge in [-0.15, -0.1) is 0 Å². The largest absolute Gasteiger partial charge is 0.489 e. The van der Waals surface area contributed by atoms with Crippen LogP contribution in [-0.4, -0.2) is 30.2 Å². The van der Waals surface area contributed by atoms with Gasteiger partial charge in [0.2, 0.25) is 11.8 Å². The minimum Gasteiger partial charge on any atom is -0.489 e. The fraction of sp³-hybridized carbons (Fsp3) is 0.273. The van der Waals surface area contributed by atoms with Gasteiger partial charge in [-0.1, -0.05) is 48.6 Å². The Morgan fingerprint density at radius 1 is 0.775 bits per heavy atom. The summed E-state index contributed by atoms with van der Waals surface area (Å²) in [6.07, 6.45) is 5.36. The molecule has 0 N–H and O–H groups in total. The van der Waals surface area contributed by atoms with Crippen LogP contribution in [0.4, 0.5) is 5.69 Å². The molecule has 0 aromatic heterocycles. The number of rotatable bonds is 8. The van der Waals surface area contributed by atoms with Crippen LogP contribution < -0.4 is 9.64 Å². The molecule has 2 saturated carbocycles. The third-order valence-electron chi connectivity index (χ3n) is 8.76. The summed E-state index contributed by atoms with van der Waals surface area (Å²) in [4.78, 5) is 53.5. The van der Waals surface area contributed by atoms with Crippen LogP contribution in [0.1, 0.15) is 32.7 Å². The summed E-state index contributed by atoms with van der Waals surface area (Å²) in [5.74, 6) is -0.116. The van der Waals surface area contributed by atoms with E-state index in [0.717, 1.165) is 12.0 Å². The van der Waals surface area contributed by atoms with Gasteiger partial charge in [0.1, 0.15) is 12.4 Å². The van der Waals surface area contributed by atoms with Crippen LogP contribution >= 0.6 is 0 Å². The van der Waals surface area contributed by atoms with Gasteiger partial charge in [-0.05, 0) is 78.1 Å². The second kappa shape index (κ2) is 9.59. The van der Waals surface area contributed by atoms with Gasteiger partial charge in [-0.3, -0.25) is 14.4 Å². The van der Waals surface area contributed by atoms with Gasteiger partial charge < -0.3 is 9.47 Å². The molecular weight excluding hydrogens is 506 g/mol. The first-order chi connectivity index (χ1) is 19.5. The van der Waals surface area contributed by atoms with Crippen LogP contribution in [0.5, 0.6) is 5.75 Å². The maximum atomic E-state index is 13.4. The maximum Gasteiger partial charge on any atom is 0.338 e. The Kier molecular flexibility index (Phi) is 5.88. The van der Waals surface area contributed by atoms with Crippen LogP contribution in [0.3, 0.4) is 0 Å². The summed E-state index contributed by atoms with van der Waals surface area (Å²) in [7, 11) is 0. The van der Waals surface area contributed by atoms with Crippen molar-refractivity contribution in [1.29, 1.82) is 0 Å². The molecule has 1 aliphatic heterocycles. The van der Waals surface area contributed by atoms with Crippen molar-refractivity contribution in [3.8, 4) is 5.75 Å². The average molecular weight is 534 g/mol. The Hall–Kier alpha value is -4.52. The number of ether oxygens (including phenoxy) is 2. The number of amides is 2. The highest BCUT2D eigenvalue weighted by atomic mass is 16.5. The van der Waals surface area contributed by atoms with E-state index in [1.807, 2.05) is 30.3 Å². The number of hydrogen-bond acceptors (Lipinski definition) is 6. The molecule has 5 aliphatic rings. The van der Waals surface area contributed by atoms with Crippen molar-refractivity contribution < 1.29 is 28.7 Å². The van der Waals surface area contributed by atoms with Crippen molar-refractivity contribution in [3.63, 3.8) is 0 Å². The highest BCUT2D eigenvalue weighted by molar-refractivity contribution is 6.23. The number of benzene rings is 3. The molecule has 0 radical (unpaired) electrons. The average Bonchev–Trinajstić information content (AvgIpc) is 3.78. The highest BCUT2D eigenvalue weighted by Crippen LogP contribution is 2.65. The molecule has 200 valence electrons. The quantitative estimate of drug-likeness (QED) is 0.178. The fourth-order valence-corrected chi connectivity index (χ4v) is 6.76. The zero-order valence-electron chi connectivity index (χ0n) is 21.6. The van der Waals surface area contributed by atoms with Crippen molar-refractivity contribution in [2.75, 3.05) is 11.5 Å². The minimum atomic E-state index is -0.697. The number of Topliss-reactive ketones (excluding diaryl/α,β-unsaturated/α-hetero) is 1. The Bertz CT molecular complexity index is 1510. The van der Waals surface area contributed by atoms with Crippen molar-refractivity contribution in [1.82, 2.24) is 0 Å². The molecule has 3 aromatic carbocycles. The van der Waals surface area contributed by atoms with E-state index in [-0.39, 0.29) is 46.8 Å². The molecule has 6 atom stereocenters. The lowest BCUT2D eigenvalue weighted by atomic mass is 9.63. The van der Waals surface area contributed by atoms with E-state index in [1.54, 1.807) is 42.5 Å². The van der Waals surface area contributed by atoms with Gasteiger partial charge in [-0.25, -0.2) is 9.69 Å². The van der Waals surface area contributed by atoms with E-state index < -0.39 is 12.6 Å². The SMILES string of the molecule is O=C(COC(=O)c1cccc(N2C(=O)[C@@H]3[C@H]4C=C[C@@H]([C@@H]5C[C@@H]45)[C@@H]3C2=O)c1)c1ccc(OCc2ccccc2)cc1. The fourth-order valence-electron chi connectivity index (χ4n) is 6.76. The molecule has 7 heteroatoms. The van der Waals surface area contributed by atoms with Crippen LogP contribution in [0.2, 0.25) is 0 Å². The highest BCUT2D eigenvalue weighted by Gasteiger charge is 2.67. The maximum absolute atomic E-state index is 13.4. The predicted molar refractivity (Wildman–Crippen MR) is 145 cm³/mol. The first-order valence-electron chi connectivity index (χ1n) is 13.6. The molecule has 8 rings (SSSR count). The van der Waals surface area contributed by atoms with E-state index in [2.05, 4.69) is 12.2 Å². The van der Waals surface area contributed by atoms with E-state index in [0.29, 0.717) is 35.4 Å². The van der Waals surface area contributed by atoms with Crippen LogP contribution in [0.25, 0.3) is 0 Å².